The number of aromatic nitrogens is 2. The van der Waals surface area contributed by atoms with E-state index in [2.05, 4.69) is 17.1 Å². The smallest absolute Gasteiger partial charge is 0.273 e. The Morgan fingerprint density at radius 1 is 1.13 bits per heavy atom. The van der Waals surface area contributed by atoms with E-state index >= 15 is 0 Å². The van der Waals surface area contributed by atoms with Crippen molar-refractivity contribution in [2.45, 2.75) is 39.2 Å². The summed E-state index contributed by atoms with van der Waals surface area (Å²) in [5.74, 6) is 0.865. The van der Waals surface area contributed by atoms with E-state index in [1.54, 1.807) is 12.1 Å². The molecule has 2 N–H and O–H groups in total. The van der Waals surface area contributed by atoms with E-state index in [9.17, 15) is 9.90 Å². The number of amides is 1. The average Bonchev–Trinajstić information content (AvgIpc) is 3.28. The van der Waals surface area contributed by atoms with Crippen molar-refractivity contribution < 1.29 is 14.6 Å². The number of unbranched alkanes of at least 4 members (excludes halogenated alkanes) is 2. The second-order valence-electron chi connectivity index (χ2n) is 7.49. The van der Waals surface area contributed by atoms with Crippen molar-refractivity contribution >= 4 is 5.91 Å². The summed E-state index contributed by atoms with van der Waals surface area (Å²) in [6, 6.07) is 14.7. The van der Waals surface area contributed by atoms with Gasteiger partial charge < -0.3 is 14.7 Å². The van der Waals surface area contributed by atoms with Crippen LogP contribution in [-0.4, -0.2) is 39.3 Å². The van der Waals surface area contributed by atoms with Crippen molar-refractivity contribution in [3.63, 3.8) is 0 Å². The van der Waals surface area contributed by atoms with Gasteiger partial charge in [0.1, 0.15) is 22.9 Å². The topological polar surface area (TPSA) is 78.5 Å². The predicted molar refractivity (Wildman–Crippen MR) is 116 cm³/mol. The minimum Gasteiger partial charge on any atom is -0.507 e. The minimum atomic E-state index is -0.280. The molecule has 6 heteroatoms. The van der Waals surface area contributed by atoms with Gasteiger partial charge in [0.2, 0.25) is 0 Å². The van der Waals surface area contributed by atoms with Crippen molar-refractivity contribution in [1.29, 1.82) is 0 Å². The summed E-state index contributed by atoms with van der Waals surface area (Å²) in [6.45, 7) is 5.34. The standard InChI is InChI=1S/C24H27N3O3/c1-3-5-8-14-27-23(16-10-9-11-17(15-16)30-4-2)20-21(25-26-22(20)24(27)29)18-12-6-7-13-19(18)28/h6-7,9-13,15,23,28H,3-5,8,14H2,1-2H3,(H,25,26). The molecule has 0 saturated heterocycles. The number of nitrogens with one attached hydrogen (secondary N) is 1. The van der Waals surface area contributed by atoms with E-state index < -0.39 is 0 Å². The highest BCUT2D eigenvalue weighted by Crippen LogP contribution is 2.44. The molecular weight excluding hydrogens is 378 g/mol. The van der Waals surface area contributed by atoms with Gasteiger partial charge in [-0.15, -0.1) is 0 Å². The number of aromatic hydroxyl groups is 1. The molecule has 6 nitrogen and oxygen atoms in total. The lowest BCUT2D eigenvalue weighted by Gasteiger charge is -2.26. The molecule has 1 unspecified atom stereocenters. The maximum atomic E-state index is 13.3. The van der Waals surface area contributed by atoms with E-state index in [1.807, 2.05) is 48.2 Å². The normalized spacial score (nSPS) is 15.5. The van der Waals surface area contributed by atoms with Crippen LogP contribution < -0.4 is 4.74 Å². The number of benzene rings is 2. The SMILES string of the molecule is CCCCCN1C(=O)c2[nH]nc(-c3ccccc3O)c2C1c1cccc(OCC)c1. The number of phenols is 1. The Balaban J connectivity index is 1.83. The molecule has 1 aliphatic rings. The molecule has 4 rings (SSSR count). The molecule has 1 amide bonds. The number of fused-ring (bicyclic) bond motifs is 1. The number of aromatic amines is 1. The monoisotopic (exact) mass is 405 g/mol. The number of carbonyl (C=O) groups is 1. The first-order valence-corrected chi connectivity index (χ1v) is 10.6. The summed E-state index contributed by atoms with van der Waals surface area (Å²) in [4.78, 5) is 15.2. The van der Waals surface area contributed by atoms with Crippen molar-refractivity contribution in [2.24, 2.45) is 0 Å². The van der Waals surface area contributed by atoms with Gasteiger partial charge in [0.15, 0.2) is 0 Å². The summed E-state index contributed by atoms with van der Waals surface area (Å²) in [6.07, 6.45) is 3.09. The molecule has 1 aromatic heterocycles. The van der Waals surface area contributed by atoms with Gasteiger partial charge in [-0.3, -0.25) is 9.89 Å². The van der Waals surface area contributed by atoms with Crippen LogP contribution >= 0.6 is 0 Å². The van der Waals surface area contributed by atoms with Gasteiger partial charge in [0.05, 0.1) is 12.6 Å². The highest BCUT2D eigenvalue weighted by Gasteiger charge is 2.42. The molecule has 2 aromatic carbocycles. The highest BCUT2D eigenvalue weighted by molar-refractivity contribution is 6.00. The Morgan fingerprint density at radius 2 is 1.97 bits per heavy atom. The van der Waals surface area contributed by atoms with Crippen LogP contribution in [0.1, 0.15) is 60.8 Å². The molecule has 156 valence electrons. The first-order chi connectivity index (χ1) is 14.7. The van der Waals surface area contributed by atoms with E-state index in [1.165, 1.54) is 0 Å². The Bertz CT molecular complexity index is 1040. The molecular formula is C24H27N3O3. The number of ether oxygens (including phenoxy) is 1. The van der Waals surface area contributed by atoms with Crippen LogP contribution in [0.3, 0.4) is 0 Å². The molecule has 3 aromatic rings. The Labute approximate surface area is 176 Å². The summed E-state index contributed by atoms with van der Waals surface area (Å²) < 4.78 is 5.70. The third-order valence-electron chi connectivity index (χ3n) is 5.51. The van der Waals surface area contributed by atoms with Gasteiger partial charge in [0.25, 0.3) is 5.91 Å². The molecule has 0 saturated carbocycles. The molecule has 0 bridgehead atoms. The number of hydrogen-bond donors (Lipinski definition) is 2. The van der Waals surface area contributed by atoms with Gasteiger partial charge in [-0.2, -0.15) is 5.10 Å². The van der Waals surface area contributed by atoms with Crippen LogP contribution in [0.5, 0.6) is 11.5 Å². The van der Waals surface area contributed by atoms with Crippen LogP contribution in [0.15, 0.2) is 48.5 Å². The van der Waals surface area contributed by atoms with Crippen LogP contribution in [0, 0.1) is 0 Å². The average molecular weight is 405 g/mol. The maximum Gasteiger partial charge on any atom is 0.273 e. The fourth-order valence-electron chi connectivity index (χ4n) is 4.13. The molecule has 0 radical (unpaired) electrons. The molecule has 1 atom stereocenters. The third kappa shape index (κ3) is 3.54. The van der Waals surface area contributed by atoms with Crippen LogP contribution in [0.2, 0.25) is 0 Å². The summed E-state index contributed by atoms with van der Waals surface area (Å²) >= 11 is 0. The summed E-state index contributed by atoms with van der Waals surface area (Å²) in [5.41, 5.74) is 3.51. The minimum absolute atomic E-state index is 0.0536. The molecule has 1 aliphatic heterocycles. The Kier molecular flexibility index (Phi) is 5.74. The number of H-pyrrole nitrogens is 1. The molecule has 0 spiro atoms. The second-order valence-corrected chi connectivity index (χ2v) is 7.49. The van der Waals surface area contributed by atoms with Crippen LogP contribution in [-0.2, 0) is 0 Å². The fraction of sp³-hybridized carbons (Fsp3) is 0.333. The largest absolute Gasteiger partial charge is 0.507 e. The van der Waals surface area contributed by atoms with Gasteiger partial charge in [-0.1, -0.05) is 44.0 Å². The van der Waals surface area contributed by atoms with E-state index in [0.29, 0.717) is 30.1 Å². The third-order valence-corrected chi connectivity index (χ3v) is 5.51. The van der Waals surface area contributed by atoms with Crippen LogP contribution in [0.25, 0.3) is 11.3 Å². The zero-order valence-electron chi connectivity index (χ0n) is 17.4. The number of nitrogens with zero attached hydrogens (tertiary/aromatic N) is 2. The fourth-order valence-corrected chi connectivity index (χ4v) is 4.13. The molecule has 2 heterocycles. The first kappa shape index (κ1) is 20.0. The second kappa shape index (κ2) is 8.61. The zero-order valence-corrected chi connectivity index (χ0v) is 17.4. The zero-order chi connectivity index (χ0) is 21.1. The van der Waals surface area contributed by atoms with Crippen molar-refractivity contribution in [3.8, 4) is 22.8 Å². The molecule has 0 fully saturated rings. The van der Waals surface area contributed by atoms with Gasteiger partial charge in [0, 0.05) is 17.7 Å². The van der Waals surface area contributed by atoms with Gasteiger partial charge in [-0.05, 0) is 43.2 Å². The lowest BCUT2D eigenvalue weighted by molar-refractivity contribution is 0.0740. The van der Waals surface area contributed by atoms with Gasteiger partial charge in [-0.25, -0.2) is 0 Å². The van der Waals surface area contributed by atoms with E-state index in [4.69, 9.17) is 4.74 Å². The number of hydrogen-bond acceptors (Lipinski definition) is 4. The lowest BCUT2D eigenvalue weighted by atomic mass is 9.95. The van der Waals surface area contributed by atoms with Gasteiger partial charge >= 0.3 is 0 Å². The summed E-state index contributed by atoms with van der Waals surface area (Å²) in [5, 5.41) is 17.8. The first-order valence-electron chi connectivity index (χ1n) is 10.6. The number of phenolic OH excluding ortho intramolecular Hbond substituents is 1. The number of para-hydroxylation sites is 1. The van der Waals surface area contributed by atoms with Crippen molar-refractivity contribution in [2.75, 3.05) is 13.2 Å². The van der Waals surface area contributed by atoms with Crippen LogP contribution in [0.4, 0.5) is 0 Å². The highest BCUT2D eigenvalue weighted by atomic mass is 16.5. The quantitative estimate of drug-likeness (QED) is 0.522. The van der Waals surface area contributed by atoms with Crippen molar-refractivity contribution in [3.05, 3.63) is 65.4 Å². The predicted octanol–water partition coefficient (Wildman–Crippen LogP) is 4.92. The van der Waals surface area contributed by atoms with E-state index in [-0.39, 0.29) is 17.7 Å². The Hall–Kier alpha value is -3.28. The Morgan fingerprint density at radius 3 is 2.73 bits per heavy atom. The van der Waals surface area contributed by atoms with E-state index in [0.717, 1.165) is 36.1 Å². The number of rotatable bonds is 8. The number of carbonyl (C=O) groups excluding carboxylic acids is 1. The molecule has 0 aliphatic carbocycles. The summed E-state index contributed by atoms with van der Waals surface area (Å²) in [7, 11) is 0. The lowest BCUT2D eigenvalue weighted by Crippen LogP contribution is -2.30. The van der Waals surface area contributed by atoms with Crippen molar-refractivity contribution in [1.82, 2.24) is 15.1 Å². The maximum absolute atomic E-state index is 13.3. The molecule has 30 heavy (non-hydrogen) atoms.